The number of nitriles is 1. The largest absolute Gasteiger partial charge is 0.361 e. The summed E-state index contributed by atoms with van der Waals surface area (Å²) in [5, 5.41) is 14.3. The number of anilines is 2. The summed E-state index contributed by atoms with van der Waals surface area (Å²) in [6.07, 6.45) is 7.60. The fourth-order valence-corrected chi connectivity index (χ4v) is 3.92. The molecule has 6 heteroatoms. The smallest absolute Gasteiger partial charge is 0.103 e. The van der Waals surface area contributed by atoms with Gasteiger partial charge in [-0.25, -0.2) is 4.98 Å². The van der Waals surface area contributed by atoms with Crippen molar-refractivity contribution in [2.75, 3.05) is 5.32 Å². The number of H-pyrrole nitrogens is 1. The topological polar surface area (TPSA) is 77.4 Å². The fraction of sp³-hybridized carbons (Fsp3) is 0.136. The second-order valence-electron chi connectivity index (χ2n) is 6.60. The molecule has 0 saturated heterocycles. The highest BCUT2D eigenvalue weighted by molar-refractivity contribution is 7.10. The van der Waals surface area contributed by atoms with Crippen molar-refractivity contribution in [3.63, 3.8) is 0 Å². The number of aromatic nitrogens is 3. The van der Waals surface area contributed by atoms with Gasteiger partial charge in [-0.05, 0) is 56.7 Å². The number of rotatable bonds is 4. The molecule has 5 nitrogen and oxygen atoms in total. The van der Waals surface area contributed by atoms with Crippen molar-refractivity contribution in [3.05, 3.63) is 69.1 Å². The Morgan fingerprint density at radius 3 is 2.71 bits per heavy atom. The van der Waals surface area contributed by atoms with Crippen molar-refractivity contribution in [1.82, 2.24) is 15.0 Å². The molecule has 2 N–H and O–H groups in total. The third-order valence-electron chi connectivity index (χ3n) is 4.88. The number of hydrogen-bond acceptors (Lipinski definition) is 5. The third-order valence-corrected chi connectivity index (χ3v) is 5.78. The van der Waals surface area contributed by atoms with Crippen molar-refractivity contribution < 1.29 is 0 Å². The molecule has 3 heterocycles. The molecule has 4 aromatic rings. The Morgan fingerprint density at radius 1 is 1.11 bits per heavy atom. The van der Waals surface area contributed by atoms with Crippen LogP contribution < -0.4 is 5.32 Å². The van der Waals surface area contributed by atoms with Crippen molar-refractivity contribution in [2.45, 2.75) is 20.8 Å². The SMILES string of the molecule is Cc1ncsc1C=Cc1c(C)ncc(C#N)c1Nc1ccc2[nH]ccc2c1C. The highest BCUT2D eigenvalue weighted by Crippen LogP contribution is 2.32. The Balaban J connectivity index is 1.82. The normalized spacial score (nSPS) is 11.2. The quantitative estimate of drug-likeness (QED) is 0.470. The summed E-state index contributed by atoms with van der Waals surface area (Å²) in [4.78, 5) is 13.0. The van der Waals surface area contributed by atoms with Crippen LogP contribution in [-0.2, 0) is 0 Å². The van der Waals surface area contributed by atoms with Crippen LogP contribution in [0.25, 0.3) is 23.1 Å². The zero-order valence-electron chi connectivity index (χ0n) is 15.9. The molecule has 28 heavy (non-hydrogen) atoms. The van der Waals surface area contributed by atoms with E-state index >= 15 is 0 Å². The van der Waals surface area contributed by atoms with Gasteiger partial charge in [-0.2, -0.15) is 5.26 Å². The van der Waals surface area contributed by atoms with Gasteiger partial charge in [0.05, 0.1) is 22.5 Å². The number of aryl methyl sites for hydroxylation is 3. The molecule has 0 aliphatic carbocycles. The van der Waals surface area contributed by atoms with Crippen LogP contribution in [0.15, 0.2) is 36.1 Å². The first-order valence-electron chi connectivity index (χ1n) is 8.90. The molecule has 4 rings (SSSR count). The predicted molar refractivity (Wildman–Crippen MR) is 116 cm³/mol. The van der Waals surface area contributed by atoms with Gasteiger partial charge in [0.15, 0.2) is 0 Å². The number of aromatic amines is 1. The molecule has 0 radical (unpaired) electrons. The van der Waals surface area contributed by atoms with Crippen LogP contribution in [0.4, 0.5) is 11.4 Å². The molecule has 0 atom stereocenters. The van der Waals surface area contributed by atoms with E-state index in [-0.39, 0.29) is 0 Å². The average Bonchev–Trinajstić information content (AvgIpc) is 3.33. The van der Waals surface area contributed by atoms with E-state index in [0.29, 0.717) is 5.56 Å². The van der Waals surface area contributed by atoms with E-state index < -0.39 is 0 Å². The number of nitrogens with one attached hydrogen (secondary N) is 2. The molecule has 0 aliphatic heterocycles. The molecule has 0 bridgehead atoms. The summed E-state index contributed by atoms with van der Waals surface area (Å²) < 4.78 is 0. The summed E-state index contributed by atoms with van der Waals surface area (Å²) >= 11 is 1.59. The lowest BCUT2D eigenvalue weighted by Gasteiger charge is -2.15. The van der Waals surface area contributed by atoms with Crippen LogP contribution in [-0.4, -0.2) is 15.0 Å². The number of pyridine rings is 1. The zero-order chi connectivity index (χ0) is 19.7. The van der Waals surface area contributed by atoms with Crippen molar-refractivity contribution in [2.24, 2.45) is 0 Å². The van der Waals surface area contributed by atoms with E-state index in [1.165, 1.54) is 0 Å². The third kappa shape index (κ3) is 3.17. The summed E-state index contributed by atoms with van der Waals surface area (Å²) in [6.45, 7) is 6.02. The number of thiazole rings is 1. The van der Waals surface area contributed by atoms with Crippen LogP contribution in [0, 0.1) is 32.1 Å². The zero-order valence-corrected chi connectivity index (χ0v) is 16.7. The van der Waals surface area contributed by atoms with Gasteiger partial charge in [-0.15, -0.1) is 11.3 Å². The van der Waals surface area contributed by atoms with Gasteiger partial charge < -0.3 is 10.3 Å². The van der Waals surface area contributed by atoms with Gasteiger partial charge >= 0.3 is 0 Å². The summed E-state index contributed by atoms with van der Waals surface area (Å²) in [5.41, 5.74) is 9.07. The monoisotopic (exact) mass is 385 g/mol. The number of nitrogens with zero attached hydrogens (tertiary/aromatic N) is 3. The van der Waals surface area contributed by atoms with Gasteiger partial charge in [0, 0.05) is 45.1 Å². The summed E-state index contributed by atoms with van der Waals surface area (Å²) in [6, 6.07) is 8.40. The minimum atomic E-state index is 0.514. The van der Waals surface area contributed by atoms with Gasteiger partial charge in [0.25, 0.3) is 0 Å². The minimum Gasteiger partial charge on any atom is -0.361 e. The molecule has 1 aromatic carbocycles. The lowest BCUT2D eigenvalue weighted by molar-refractivity contribution is 1.18. The van der Waals surface area contributed by atoms with Gasteiger partial charge in [-0.1, -0.05) is 0 Å². The Hall–Kier alpha value is -3.43. The molecule has 0 unspecified atom stereocenters. The van der Waals surface area contributed by atoms with Crippen LogP contribution in [0.1, 0.15) is 33.0 Å². The molecule has 0 fully saturated rings. The van der Waals surface area contributed by atoms with Gasteiger partial charge in [-0.3, -0.25) is 4.98 Å². The first kappa shape index (κ1) is 18.0. The molecule has 0 spiro atoms. The van der Waals surface area contributed by atoms with Crippen LogP contribution in [0.5, 0.6) is 0 Å². The predicted octanol–water partition coefficient (Wildman–Crippen LogP) is 5.73. The lowest BCUT2D eigenvalue weighted by Crippen LogP contribution is -2.02. The number of hydrogen-bond donors (Lipinski definition) is 2. The molecule has 0 amide bonds. The van der Waals surface area contributed by atoms with E-state index in [1.54, 1.807) is 17.5 Å². The van der Waals surface area contributed by atoms with Crippen molar-refractivity contribution in [3.8, 4) is 6.07 Å². The molecular weight excluding hydrogens is 366 g/mol. The van der Waals surface area contributed by atoms with Crippen LogP contribution >= 0.6 is 11.3 Å². The second kappa shape index (κ2) is 7.29. The Kier molecular flexibility index (Phi) is 4.68. The maximum atomic E-state index is 9.65. The van der Waals surface area contributed by atoms with Crippen LogP contribution in [0.2, 0.25) is 0 Å². The standard InChI is InChI=1S/C22H19N5S/c1-13-17-8-9-24-20(17)6-5-19(13)27-22-16(10-23)11-25-14(2)18(22)4-7-21-15(3)26-12-28-21/h4-9,11-12,24H,1-3H3,(H,25,27). The number of fused-ring (bicyclic) bond motifs is 1. The first-order chi connectivity index (χ1) is 13.6. The Labute approximate surface area is 167 Å². The van der Waals surface area contributed by atoms with E-state index in [2.05, 4.69) is 39.3 Å². The highest BCUT2D eigenvalue weighted by Gasteiger charge is 2.13. The Bertz CT molecular complexity index is 1240. The second-order valence-corrected chi connectivity index (χ2v) is 7.48. The van der Waals surface area contributed by atoms with E-state index in [9.17, 15) is 5.26 Å². The maximum absolute atomic E-state index is 9.65. The van der Waals surface area contributed by atoms with E-state index in [0.717, 1.165) is 49.7 Å². The average molecular weight is 385 g/mol. The first-order valence-corrected chi connectivity index (χ1v) is 9.78. The molecule has 138 valence electrons. The summed E-state index contributed by atoms with van der Waals surface area (Å²) in [5.74, 6) is 0. The molecular formula is C22H19N5S. The minimum absolute atomic E-state index is 0.514. The van der Waals surface area contributed by atoms with Crippen LogP contribution in [0.3, 0.4) is 0 Å². The van der Waals surface area contributed by atoms with E-state index in [1.807, 2.05) is 49.8 Å². The van der Waals surface area contributed by atoms with Crippen molar-refractivity contribution in [1.29, 1.82) is 5.26 Å². The molecule has 0 saturated carbocycles. The van der Waals surface area contributed by atoms with Crippen molar-refractivity contribution >= 4 is 45.8 Å². The molecule has 3 aromatic heterocycles. The lowest BCUT2D eigenvalue weighted by atomic mass is 10.0. The summed E-state index contributed by atoms with van der Waals surface area (Å²) in [7, 11) is 0. The fourth-order valence-electron chi connectivity index (χ4n) is 3.23. The van der Waals surface area contributed by atoms with Gasteiger partial charge in [0.1, 0.15) is 6.07 Å². The molecule has 0 aliphatic rings. The van der Waals surface area contributed by atoms with E-state index in [4.69, 9.17) is 0 Å². The number of benzene rings is 1. The Morgan fingerprint density at radius 2 is 1.96 bits per heavy atom. The highest BCUT2D eigenvalue weighted by atomic mass is 32.1. The van der Waals surface area contributed by atoms with Gasteiger partial charge in [0.2, 0.25) is 0 Å². The maximum Gasteiger partial charge on any atom is 0.103 e.